The molecule has 2 heterocycles. The van der Waals surface area contributed by atoms with Crippen LogP contribution in [0.25, 0.3) is 0 Å². The van der Waals surface area contributed by atoms with Crippen molar-refractivity contribution in [1.29, 1.82) is 0 Å². The molecule has 1 saturated heterocycles. The van der Waals surface area contributed by atoms with Crippen molar-refractivity contribution in [2.24, 2.45) is 0 Å². The van der Waals surface area contributed by atoms with Crippen molar-refractivity contribution in [3.8, 4) is 0 Å². The molecular weight excluding hydrogens is 224 g/mol. The maximum absolute atomic E-state index is 10.9. The van der Waals surface area contributed by atoms with Crippen molar-refractivity contribution in [2.45, 2.75) is 38.1 Å². The summed E-state index contributed by atoms with van der Waals surface area (Å²) in [5.41, 5.74) is 0.504. The van der Waals surface area contributed by atoms with Crippen LogP contribution in [0.5, 0.6) is 0 Å². The van der Waals surface area contributed by atoms with E-state index in [-0.39, 0.29) is 17.9 Å². The van der Waals surface area contributed by atoms with E-state index in [2.05, 4.69) is 4.98 Å². The highest BCUT2D eigenvalue weighted by Gasteiger charge is 2.31. The molecule has 2 rings (SSSR count). The molecule has 92 valence electrons. The van der Waals surface area contributed by atoms with Crippen molar-refractivity contribution in [1.82, 2.24) is 4.98 Å². The smallest absolute Gasteiger partial charge is 0.293 e. The van der Waals surface area contributed by atoms with Crippen LogP contribution in [-0.4, -0.2) is 27.2 Å². The molecular formula is C11H14N2O4. The van der Waals surface area contributed by atoms with E-state index in [0.29, 0.717) is 18.4 Å². The lowest BCUT2D eigenvalue weighted by molar-refractivity contribution is -0.386. The van der Waals surface area contributed by atoms with E-state index < -0.39 is 11.0 Å². The van der Waals surface area contributed by atoms with Gasteiger partial charge in [-0.2, -0.15) is 0 Å². The first-order valence-corrected chi connectivity index (χ1v) is 5.51. The Morgan fingerprint density at radius 2 is 2.35 bits per heavy atom. The molecule has 1 aromatic rings. The van der Waals surface area contributed by atoms with Crippen LogP contribution in [0, 0.1) is 10.1 Å². The summed E-state index contributed by atoms with van der Waals surface area (Å²) in [7, 11) is 0. The van der Waals surface area contributed by atoms with Gasteiger partial charge in [0.1, 0.15) is 6.20 Å². The van der Waals surface area contributed by atoms with Gasteiger partial charge in [-0.05, 0) is 25.8 Å². The first kappa shape index (κ1) is 11.9. The number of hydrogen-bond acceptors (Lipinski definition) is 5. The molecule has 3 atom stereocenters. The van der Waals surface area contributed by atoms with Crippen LogP contribution in [-0.2, 0) is 4.74 Å². The summed E-state index contributed by atoms with van der Waals surface area (Å²) in [5, 5.41) is 20.4. The topological polar surface area (TPSA) is 85.5 Å². The van der Waals surface area contributed by atoms with Gasteiger partial charge in [-0.3, -0.25) is 15.1 Å². The molecule has 3 unspecified atom stereocenters. The van der Waals surface area contributed by atoms with Gasteiger partial charge in [0.15, 0.2) is 0 Å². The fraction of sp³-hybridized carbons (Fsp3) is 0.545. The Bertz CT molecular complexity index is 424. The van der Waals surface area contributed by atoms with Gasteiger partial charge in [-0.25, -0.2) is 0 Å². The molecule has 1 fully saturated rings. The van der Waals surface area contributed by atoms with Crippen molar-refractivity contribution in [3.63, 3.8) is 0 Å². The summed E-state index contributed by atoms with van der Waals surface area (Å²) < 4.78 is 5.59. The van der Waals surface area contributed by atoms with E-state index in [1.165, 1.54) is 12.4 Å². The minimum atomic E-state index is -0.493. The molecule has 0 bridgehead atoms. The van der Waals surface area contributed by atoms with Gasteiger partial charge in [0.25, 0.3) is 5.69 Å². The van der Waals surface area contributed by atoms with Gasteiger partial charge < -0.3 is 9.84 Å². The quantitative estimate of drug-likeness (QED) is 0.624. The molecule has 1 N–H and O–H groups in total. The monoisotopic (exact) mass is 238 g/mol. The second-order valence-electron chi connectivity index (χ2n) is 4.17. The number of hydrogen-bond donors (Lipinski definition) is 1. The fourth-order valence-electron chi connectivity index (χ4n) is 2.03. The summed E-state index contributed by atoms with van der Waals surface area (Å²) in [5.74, 6) is 0. The lowest BCUT2D eigenvalue weighted by Gasteiger charge is -2.31. The number of nitrogens with zero attached hydrogens (tertiary/aromatic N) is 2. The number of aliphatic hydroxyl groups is 1. The Kier molecular flexibility index (Phi) is 3.35. The van der Waals surface area contributed by atoms with E-state index in [4.69, 9.17) is 4.74 Å². The molecule has 0 saturated carbocycles. The predicted octanol–water partition coefficient (Wildman–Crippen LogP) is 1.59. The number of aromatic nitrogens is 1. The van der Waals surface area contributed by atoms with E-state index in [9.17, 15) is 15.2 Å². The molecule has 17 heavy (non-hydrogen) atoms. The molecule has 0 aliphatic carbocycles. The van der Waals surface area contributed by atoms with Crippen LogP contribution in [0.4, 0.5) is 5.69 Å². The first-order valence-electron chi connectivity index (χ1n) is 5.51. The highest BCUT2D eigenvalue weighted by molar-refractivity contribution is 5.38. The molecule has 0 aromatic carbocycles. The summed E-state index contributed by atoms with van der Waals surface area (Å²) in [6.07, 6.45) is 2.78. The number of pyridine rings is 1. The summed E-state index contributed by atoms with van der Waals surface area (Å²) in [6, 6.07) is 1.60. The second kappa shape index (κ2) is 4.77. The average molecular weight is 238 g/mol. The van der Waals surface area contributed by atoms with Gasteiger partial charge in [0.05, 0.1) is 28.8 Å². The fourth-order valence-corrected chi connectivity index (χ4v) is 2.03. The number of aliphatic hydroxyl groups excluding tert-OH is 1. The normalized spacial score (nSPS) is 28.9. The predicted molar refractivity (Wildman–Crippen MR) is 59.4 cm³/mol. The van der Waals surface area contributed by atoms with Crippen molar-refractivity contribution < 1.29 is 14.8 Å². The Morgan fingerprint density at radius 3 is 3.00 bits per heavy atom. The van der Waals surface area contributed by atoms with E-state index in [1.54, 1.807) is 13.0 Å². The van der Waals surface area contributed by atoms with Gasteiger partial charge in [-0.1, -0.05) is 0 Å². The van der Waals surface area contributed by atoms with Gasteiger partial charge >= 0.3 is 0 Å². The Morgan fingerprint density at radius 1 is 1.59 bits per heavy atom. The van der Waals surface area contributed by atoms with Crippen molar-refractivity contribution >= 4 is 5.69 Å². The molecule has 1 aliphatic rings. The van der Waals surface area contributed by atoms with Crippen LogP contribution < -0.4 is 0 Å². The molecule has 0 spiro atoms. The minimum Gasteiger partial charge on any atom is -0.390 e. The molecule has 0 radical (unpaired) electrons. The molecule has 6 heteroatoms. The molecule has 0 amide bonds. The lowest BCUT2D eigenvalue weighted by Crippen LogP contribution is -2.33. The Labute approximate surface area is 98.4 Å². The summed E-state index contributed by atoms with van der Waals surface area (Å²) in [4.78, 5) is 14.2. The summed E-state index contributed by atoms with van der Waals surface area (Å²) >= 11 is 0. The van der Waals surface area contributed by atoms with Crippen molar-refractivity contribution in [2.75, 3.05) is 0 Å². The van der Waals surface area contributed by atoms with Crippen LogP contribution in [0.15, 0.2) is 18.5 Å². The molecule has 1 aliphatic heterocycles. The number of rotatable bonds is 2. The standard InChI is InChI=1S/C11H14N2O4/c1-7-10(14)2-3-11(17-7)8-4-5-12-6-9(8)13(15)16/h4-7,10-11,14H,2-3H2,1H3. The molecule has 1 aromatic heterocycles. The third kappa shape index (κ3) is 2.42. The molecule has 6 nitrogen and oxygen atoms in total. The van der Waals surface area contributed by atoms with Gasteiger partial charge in [0.2, 0.25) is 0 Å². The highest BCUT2D eigenvalue weighted by atomic mass is 16.6. The van der Waals surface area contributed by atoms with Crippen LogP contribution in [0.2, 0.25) is 0 Å². The maximum Gasteiger partial charge on any atom is 0.293 e. The third-order valence-corrected chi connectivity index (χ3v) is 3.02. The van der Waals surface area contributed by atoms with Gasteiger partial charge in [0, 0.05) is 6.20 Å². The second-order valence-corrected chi connectivity index (χ2v) is 4.17. The first-order chi connectivity index (χ1) is 8.09. The average Bonchev–Trinajstić information content (AvgIpc) is 2.32. The van der Waals surface area contributed by atoms with Crippen LogP contribution in [0.3, 0.4) is 0 Å². The minimum absolute atomic E-state index is 0.0268. The number of ether oxygens (including phenoxy) is 1. The maximum atomic E-state index is 10.9. The number of nitro groups is 1. The SMILES string of the molecule is CC1OC(c2ccncc2[N+](=O)[O-])CCC1O. The van der Waals surface area contributed by atoms with E-state index >= 15 is 0 Å². The Hall–Kier alpha value is -1.53. The van der Waals surface area contributed by atoms with Crippen LogP contribution in [0.1, 0.15) is 31.4 Å². The largest absolute Gasteiger partial charge is 0.390 e. The Balaban J connectivity index is 2.25. The zero-order valence-electron chi connectivity index (χ0n) is 9.44. The summed E-state index contributed by atoms with van der Waals surface area (Å²) in [6.45, 7) is 1.77. The van der Waals surface area contributed by atoms with E-state index in [0.717, 1.165) is 0 Å². The van der Waals surface area contributed by atoms with Gasteiger partial charge in [-0.15, -0.1) is 0 Å². The zero-order chi connectivity index (χ0) is 12.4. The van der Waals surface area contributed by atoms with Crippen molar-refractivity contribution in [3.05, 3.63) is 34.1 Å². The van der Waals surface area contributed by atoms with E-state index in [1.807, 2.05) is 0 Å². The third-order valence-electron chi connectivity index (χ3n) is 3.02. The zero-order valence-corrected chi connectivity index (χ0v) is 9.44. The van der Waals surface area contributed by atoms with Crippen LogP contribution >= 0.6 is 0 Å². The highest BCUT2D eigenvalue weighted by Crippen LogP contribution is 2.35. The lowest BCUT2D eigenvalue weighted by atomic mass is 9.97.